The first kappa shape index (κ1) is 31.1. The fraction of sp³-hybridized carbons (Fsp3) is 0.281. The summed E-state index contributed by atoms with van der Waals surface area (Å²) in [7, 11) is -3.95. The van der Waals surface area contributed by atoms with Crippen LogP contribution in [0.3, 0.4) is 0 Å². The molecule has 0 aliphatic rings. The molecule has 42 heavy (non-hydrogen) atoms. The first-order valence-corrected chi connectivity index (χ1v) is 15.1. The van der Waals surface area contributed by atoms with E-state index >= 15 is 0 Å². The Labute approximate surface area is 244 Å². The van der Waals surface area contributed by atoms with Gasteiger partial charge in [-0.1, -0.05) is 74.5 Å². The number of hydrogen-bond donors (Lipinski definition) is 1. The Kier molecular flexibility index (Phi) is 9.90. The summed E-state index contributed by atoms with van der Waals surface area (Å²) < 4.78 is 67.2. The van der Waals surface area contributed by atoms with Crippen LogP contribution in [0.5, 0.6) is 0 Å². The summed E-state index contributed by atoms with van der Waals surface area (Å²) in [6.07, 6.45) is -0.636. The highest BCUT2D eigenvalue weighted by Crippen LogP contribution is 2.29. The van der Waals surface area contributed by atoms with Crippen molar-refractivity contribution in [2.45, 2.75) is 33.0 Å². The second-order valence-electron chi connectivity index (χ2n) is 10.6. The van der Waals surface area contributed by atoms with Crippen molar-refractivity contribution in [1.29, 1.82) is 0 Å². The van der Waals surface area contributed by atoms with Gasteiger partial charge in [0.15, 0.2) is 0 Å². The van der Waals surface area contributed by atoms with Crippen molar-refractivity contribution in [1.82, 2.24) is 14.2 Å². The van der Waals surface area contributed by atoms with Crippen molar-refractivity contribution in [2.75, 3.05) is 19.6 Å². The standard InChI is InChI=1S/C32H34F3N3O3S/c1-24(2)21-38(42(40,41)19-17-25-8-4-3-5-9-25)23-31(39)37(22-26-12-14-28(15-13-26)32(33,34)35)18-16-27-20-36-30-11-7-6-10-29(27)30/h3-15,17,19-20,24,36H,16,18,21-23H2,1-2H3/b19-17+. The quantitative estimate of drug-likeness (QED) is 0.197. The van der Waals surface area contributed by atoms with E-state index in [2.05, 4.69) is 4.98 Å². The largest absolute Gasteiger partial charge is 0.416 e. The van der Waals surface area contributed by atoms with Crippen molar-refractivity contribution in [3.8, 4) is 0 Å². The van der Waals surface area contributed by atoms with Crippen LogP contribution in [-0.2, 0) is 34.0 Å². The molecule has 0 spiro atoms. The predicted molar refractivity (Wildman–Crippen MR) is 160 cm³/mol. The number of aromatic amines is 1. The number of rotatable bonds is 12. The molecule has 0 aliphatic carbocycles. The molecule has 0 unspecified atom stereocenters. The first-order chi connectivity index (χ1) is 19.9. The van der Waals surface area contributed by atoms with Crippen molar-refractivity contribution in [3.63, 3.8) is 0 Å². The molecular formula is C32H34F3N3O3S. The molecule has 6 nitrogen and oxygen atoms in total. The minimum atomic E-state index is -4.47. The zero-order valence-electron chi connectivity index (χ0n) is 23.5. The number of carbonyl (C=O) groups excluding carboxylic acids is 1. The fourth-order valence-electron chi connectivity index (χ4n) is 4.64. The van der Waals surface area contributed by atoms with Crippen LogP contribution in [0.4, 0.5) is 13.2 Å². The van der Waals surface area contributed by atoms with Crippen LogP contribution in [0.15, 0.2) is 90.5 Å². The molecule has 0 aliphatic heterocycles. The van der Waals surface area contributed by atoms with E-state index in [1.54, 1.807) is 24.3 Å². The number of halogens is 3. The van der Waals surface area contributed by atoms with Crippen molar-refractivity contribution in [3.05, 3.63) is 113 Å². The smallest absolute Gasteiger partial charge is 0.361 e. The maximum Gasteiger partial charge on any atom is 0.416 e. The van der Waals surface area contributed by atoms with Crippen molar-refractivity contribution in [2.24, 2.45) is 5.92 Å². The number of para-hydroxylation sites is 1. The second-order valence-corrected chi connectivity index (χ2v) is 12.4. The van der Waals surface area contributed by atoms with Gasteiger partial charge < -0.3 is 9.88 Å². The summed E-state index contributed by atoms with van der Waals surface area (Å²) in [6.45, 7) is 3.75. The number of sulfonamides is 1. The minimum Gasteiger partial charge on any atom is -0.361 e. The van der Waals surface area contributed by atoms with E-state index in [1.807, 2.05) is 50.4 Å². The van der Waals surface area contributed by atoms with E-state index in [-0.39, 0.29) is 25.6 Å². The highest BCUT2D eigenvalue weighted by molar-refractivity contribution is 7.92. The van der Waals surface area contributed by atoms with E-state index < -0.39 is 34.2 Å². The van der Waals surface area contributed by atoms with E-state index in [1.165, 1.54) is 23.1 Å². The molecule has 0 saturated carbocycles. The highest BCUT2D eigenvalue weighted by Gasteiger charge is 2.30. The van der Waals surface area contributed by atoms with Crippen LogP contribution >= 0.6 is 0 Å². The minimum absolute atomic E-state index is 0.0365. The molecule has 3 aromatic carbocycles. The zero-order chi connectivity index (χ0) is 30.3. The highest BCUT2D eigenvalue weighted by atomic mass is 32.2. The average molecular weight is 598 g/mol. The molecule has 1 heterocycles. The van der Waals surface area contributed by atoms with Crippen LogP contribution in [0, 0.1) is 5.92 Å². The van der Waals surface area contributed by atoms with E-state index in [4.69, 9.17) is 0 Å². The topological polar surface area (TPSA) is 73.5 Å². The molecule has 0 bridgehead atoms. The van der Waals surface area contributed by atoms with Gasteiger partial charge in [0.25, 0.3) is 0 Å². The average Bonchev–Trinajstić information content (AvgIpc) is 3.37. The third kappa shape index (κ3) is 8.33. The maximum absolute atomic E-state index is 13.7. The number of nitrogens with zero attached hydrogens (tertiary/aromatic N) is 2. The molecule has 4 rings (SSSR count). The summed E-state index contributed by atoms with van der Waals surface area (Å²) >= 11 is 0. The Balaban J connectivity index is 1.58. The molecule has 0 radical (unpaired) electrons. The van der Waals surface area contributed by atoms with Gasteiger partial charge in [-0.2, -0.15) is 17.5 Å². The number of hydrogen-bond acceptors (Lipinski definition) is 3. The Bertz CT molecular complexity index is 1610. The SMILES string of the molecule is CC(C)CN(CC(=O)N(CCc1c[nH]c2ccccc12)Cc1ccc(C(F)(F)F)cc1)S(=O)(=O)/C=C/c1ccccc1. The summed E-state index contributed by atoms with van der Waals surface area (Å²) in [5.41, 5.74) is 2.38. The lowest BCUT2D eigenvalue weighted by molar-refractivity contribution is -0.137. The predicted octanol–water partition coefficient (Wildman–Crippen LogP) is 6.72. The van der Waals surface area contributed by atoms with E-state index in [0.717, 1.165) is 38.3 Å². The summed E-state index contributed by atoms with van der Waals surface area (Å²) in [5.74, 6) is -0.487. The van der Waals surface area contributed by atoms with Gasteiger partial charge in [0.05, 0.1) is 12.1 Å². The molecule has 1 aromatic heterocycles. The van der Waals surface area contributed by atoms with Gasteiger partial charge in [-0.05, 0) is 53.3 Å². The first-order valence-electron chi connectivity index (χ1n) is 13.6. The van der Waals surface area contributed by atoms with Crippen LogP contribution in [0.25, 0.3) is 17.0 Å². The molecule has 0 fully saturated rings. The Hall–Kier alpha value is -3.89. The third-order valence-electron chi connectivity index (χ3n) is 6.81. The molecular weight excluding hydrogens is 563 g/mol. The van der Waals surface area contributed by atoms with Gasteiger partial charge in [-0.25, -0.2) is 8.42 Å². The number of amides is 1. The third-order valence-corrected chi connectivity index (χ3v) is 8.28. The normalized spacial score (nSPS) is 12.5. The van der Waals surface area contributed by atoms with E-state index in [9.17, 15) is 26.4 Å². The van der Waals surface area contributed by atoms with Gasteiger partial charge >= 0.3 is 6.18 Å². The molecule has 0 atom stereocenters. The molecule has 222 valence electrons. The van der Waals surface area contributed by atoms with Crippen molar-refractivity contribution >= 4 is 32.9 Å². The lowest BCUT2D eigenvalue weighted by Gasteiger charge is -2.28. The van der Waals surface area contributed by atoms with E-state index in [0.29, 0.717) is 17.5 Å². The summed E-state index contributed by atoms with van der Waals surface area (Å²) in [4.78, 5) is 18.4. The number of H-pyrrole nitrogens is 1. The Morgan fingerprint density at radius 1 is 0.952 bits per heavy atom. The number of alkyl halides is 3. The van der Waals surface area contributed by atoms with Gasteiger partial charge in [0.2, 0.25) is 15.9 Å². The molecule has 1 amide bonds. The Morgan fingerprint density at radius 3 is 2.29 bits per heavy atom. The van der Waals surface area contributed by atoms with Gasteiger partial charge in [-0.3, -0.25) is 4.79 Å². The monoisotopic (exact) mass is 597 g/mol. The molecule has 10 heteroatoms. The number of fused-ring (bicyclic) bond motifs is 1. The summed E-state index contributed by atoms with van der Waals surface area (Å²) in [5, 5.41) is 2.11. The number of aromatic nitrogens is 1. The lowest BCUT2D eigenvalue weighted by Crippen LogP contribution is -2.44. The van der Waals surface area contributed by atoms with Gasteiger partial charge in [-0.15, -0.1) is 0 Å². The molecule has 0 saturated heterocycles. The Morgan fingerprint density at radius 2 is 1.62 bits per heavy atom. The number of benzene rings is 3. The van der Waals surface area contributed by atoms with Crippen LogP contribution in [-0.4, -0.2) is 48.1 Å². The molecule has 4 aromatic rings. The maximum atomic E-state index is 13.7. The van der Waals surface area contributed by atoms with Crippen LogP contribution in [0.2, 0.25) is 0 Å². The van der Waals surface area contributed by atoms with Gasteiger partial charge in [0.1, 0.15) is 0 Å². The summed E-state index contributed by atoms with van der Waals surface area (Å²) in [6, 6.07) is 21.4. The molecule has 1 N–H and O–H groups in total. The number of carbonyl (C=O) groups is 1. The van der Waals surface area contributed by atoms with Crippen LogP contribution in [0.1, 0.15) is 36.1 Å². The lowest BCUT2D eigenvalue weighted by atomic mass is 10.1. The van der Waals surface area contributed by atoms with Crippen LogP contribution < -0.4 is 0 Å². The fourth-order valence-corrected chi connectivity index (χ4v) is 5.93. The van der Waals surface area contributed by atoms with Crippen molar-refractivity contribution < 1.29 is 26.4 Å². The van der Waals surface area contributed by atoms with Gasteiger partial charge in [0, 0.05) is 42.1 Å². The second kappa shape index (κ2) is 13.4. The zero-order valence-corrected chi connectivity index (χ0v) is 24.3. The number of nitrogens with one attached hydrogen (secondary N) is 1.